The smallest absolute Gasteiger partial charge is 0.342 e. The molecule has 31 heavy (non-hydrogen) atoms. The first kappa shape index (κ1) is 22.1. The fourth-order valence-corrected chi connectivity index (χ4v) is 4.30. The lowest BCUT2D eigenvalue weighted by molar-refractivity contribution is -0.153. The lowest BCUT2D eigenvalue weighted by Crippen LogP contribution is -2.35. The molecule has 3 aliphatic rings. The van der Waals surface area contributed by atoms with Crippen LogP contribution in [0.2, 0.25) is 0 Å². The minimum Gasteiger partial charge on any atom is -0.497 e. The highest BCUT2D eigenvalue weighted by molar-refractivity contribution is 5.95. The molecule has 0 radical (unpaired) electrons. The lowest BCUT2D eigenvalue weighted by Gasteiger charge is -2.21. The van der Waals surface area contributed by atoms with Crippen LogP contribution >= 0.6 is 0 Å². The maximum absolute atomic E-state index is 13.0. The maximum atomic E-state index is 13.0. The van der Waals surface area contributed by atoms with Crippen LogP contribution in [0.5, 0.6) is 11.5 Å². The zero-order valence-electron chi connectivity index (χ0n) is 18.5. The van der Waals surface area contributed by atoms with Crippen molar-refractivity contribution in [2.75, 3.05) is 14.2 Å². The van der Waals surface area contributed by atoms with Crippen LogP contribution in [0.25, 0.3) is 0 Å². The number of rotatable bonds is 2. The molecule has 0 spiro atoms. The Morgan fingerprint density at radius 3 is 2.61 bits per heavy atom. The summed E-state index contributed by atoms with van der Waals surface area (Å²) in [6, 6.07) is 3.44. The summed E-state index contributed by atoms with van der Waals surface area (Å²) < 4.78 is 34.5. The summed E-state index contributed by atoms with van der Waals surface area (Å²) >= 11 is 0. The Bertz CT molecular complexity index is 863. The molecule has 0 bridgehead atoms. The molecule has 1 aromatic carbocycles. The molecule has 0 aliphatic carbocycles. The second-order valence-corrected chi connectivity index (χ2v) is 8.63. The molecular formula is C23H30O8. The second kappa shape index (κ2) is 8.43. The third-order valence-corrected chi connectivity index (χ3v) is 5.79. The van der Waals surface area contributed by atoms with Gasteiger partial charge in [0.1, 0.15) is 41.5 Å². The molecule has 1 N–H and O–H groups in total. The van der Waals surface area contributed by atoms with Crippen molar-refractivity contribution >= 4 is 5.97 Å². The van der Waals surface area contributed by atoms with E-state index in [2.05, 4.69) is 0 Å². The Balaban J connectivity index is 1.71. The molecular weight excluding hydrogens is 404 g/mol. The summed E-state index contributed by atoms with van der Waals surface area (Å²) in [4.78, 5) is 13.0. The number of methoxy groups -OCH3 is 2. The number of cyclic esters (lactones) is 1. The molecule has 170 valence electrons. The zero-order valence-corrected chi connectivity index (χ0v) is 18.5. The van der Waals surface area contributed by atoms with Crippen molar-refractivity contribution in [2.45, 2.75) is 76.0 Å². The fourth-order valence-electron chi connectivity index (χ4n) is 4.30. The highest BCUT2D eigenvalue weighted by Gasteiger charge is 2.51. The molecule has 8 heteroatoms. The van der Waals surface area contributed by atoms with Crippen molar-refractivity contribution in [1.29, 1.82) is 0 Å². The van der Waals surface area contributed by atoms with Crippen LogP contribution in [0.1, 0.15) is 55.6 Å². The summed E-state index contributed by atoms with van der Waals surface area (Å²) in [6.45, 7) is 5.46. The van der Waals surface area contributed by atoms with Crippen LogP contribution in [-0.2, 0) is 18.9 Å². The SMILES string of the molecule is COc1cc(OC)c2c(c1)[C@@H]1O[C@@H]1C[C@@H]1OC(C)(C)O[C@@H]1[C@@H](O)/C=C/C[C@H](C)OC2=O. The largest absolute Gasteiger partial charge is 0.497 e. The van der Waals surface area contributed by atoms with Gasteiger partial charge in [-0.1, -0.05) is 12.2 Å². The zero-order chi connectivity index (χ0) is 22.3. The molecule has 8 nitrogen and oxygen atoms in total. The highest BCUT2D eigenvalue weighted by atomic mass is 16.8. The van der Waals surface area contributed by atoms with Gasteiger partial charge >= 0.3 is 5.97 Å². The van der Waals surface area contributed by atoms with Gasteiger partial charge in [-0.25, -0.2) is 4.79 Å². The predicted molar refractivity (Wildman–Crippen MR) is 110 cm³/mol. The van der Waals surface area contributed by atoms with Crippen molar-refractivity contribution < 1.29 is 38.3 Å². The topological polar surface area (TPSA) is 96.0 Å². The normalized spacial score (nSPS) is 35.6. The quantitative estimate of drug-likeness (QED) is 0.431. The third-order valence-electron chi connectivity index (χ3n) is 5.79. The number of aliphatic hydroxyl groups is 1. The summed E-state index contributed by atoms with van der Waals surface area (Å²) in [7, 11) is 3.06. The van der Waals surface area contributed by atoms with Crippen molar-refractivity contribution in [1.82, 2.24) is 0 Å². The number of epoxide rings is 1. The van der Waals surface area contributed by atoms with Gasteiger partial charge in [0.15, 0.2) is 5.79 Å². The Morgan fingerprint density at radius 1 is 1.13 bits per heavy atom. The molecule has 0 aromatic heterocycles. The van der Waals surface area contributed by atoms with Gasteiger partial charge in [0.05, 0.1) is 26.4 Å². The number of carbonyl (C=O) groups excluding carboxylic acids is 1. The van der Waals surface area contributed by atoms with Gasteiger partial charge in [0.25, 0.3) is 0 Å². The molecule has 2 fully saturated rings. The van der Waals surface area contributed by atoms with Gasteiger partial charge in [-0.05, 0) is 26.8 Å². The number of hydrogen-bond donors (Lipinski definition) is 1. The Labute approximate surface area is 182 Å². The van der Waals surface area contributed by atoms with Crippen LogP contribution in [0, 0.1) is 0 Å². The van der Waals surface area contributed by atoms with E-state index in [1.165, 1.54) is 7.11 Å². The minimum atomic E-state index is -0.845. The molecule has 6 atom stereocenters. The van der Waals surface area contributed by atoms with E-state index in [4.69, 9.17) is 28.4 Å². The minimum absolute atomic E-state index is 0.204. The van der Waals surface area contributed by atoms with E-state index in [-0.39, 0.29) is 18.3 Å². The molecule has 4 rings (SSSR count). The van der Waals surface area contributed by atoms with Crippen LogP contribution in [-0.4, -0.2) is 61.6 Å². The van der Waals surface area contributed by atoms with E-state index in [1.54, 1.807) is 38.3 Å². The molecule has 0 saturated carbocycles. The molecule has 3 aliphatic heterocycles. The van der Waals surface area contributed by atoms with Crippen molar-refractivity contribution in [3.63, 3.8) is 0 Å². The predicted octanol–water partition coefficient (Wildman–Crippen LogP) is 2.92. The summed E-state index contributed by atoms with van der Waals surface area (Å²) in [5.41, 5.74) is 0.991. The van der Waals surface area contributed by atoms with Crippen molar-refractivity contribution in [3.8, 4) is 11.5 Å². The van der Waals surface area contributed by atoms with Gasteiger partial charge in [-0.15, -0.1) is 0 Å². The molecule has 0 amide bonds. The number of aliphatic hydroxyl groups excluding tert-OH is 1. The maximum Gasteiger partial charge on any atom is 0.342 e. The second-order valence-electron chi connectivity index (χ2n) is 8.63. The number of ether oxygens (including phenoxy) is 6. The first-order valence-corrected chi connectivity index (χ1v) is 10.5. The molecule has 2 saturated heterocycles. The first-order valence-electron chi connectivity index (χ1n) is 10.5. The van der Waals surface area contributed by atoms with Gasteiger partial charge < -0.3 is 33.5 Å². The molecule has 1 aromatic rings. The number of benzene rings is 1. The Hall–Kier alpha value is -2.13. The van der Waals surface area contributed by atoms with Crippen LogP contribution in [0.15, 0.2) is 24.3 Å². The average molecular weight is 434 g/mol. The van der Waals surface area contributed by atoms with E-state index in [1.807, 2.05) is 13.8 Å². The number of hydrogen-bond acceptors (Lipinski definition) is 8. The molecule has 3 heterocycles. The van der Waals surface area contributed by atoms with Crippen LogP contribution < -0.4 is 9.47 Å². The van der Waals surface area contributed by atoms with Gasteiger partial charge in [0, 0.05) is 24.5 Å². The van der Waals surface area contributed by atoms with Crippen LogP contribution in [0.3, 0.4) is 0 Å². The number of carbonyl (C=O) groups is 1. The van der Waals surface area contributed by atoms with Gasteiger partial charge in [-0.3, -0.25) is 0 Å². The van der Waals surface area contributed by atoms with Crippen molar-refractivity contribution in [3.05, 3.63) is 35.4 Å². The summed E-state index contributed by atoms with van der Waals surface area (Å²) in [6.07, 6.45) is 1.75. The van der Waals surface area contributed by atoms with E-state index >= 15 is 0 Å². The van der Waals surface area contributed by atoms with E-state index < -0.39 is 30.1 Å². The van der Waals surface area contributed by atoms with Gasteiger partial charge in [-0.2, -0.15) is 0 Å². The fraction of sp³-hybridized carbons (Fsp3) is 0.609. The highest BCUT2D eigenvalue weighted by Crippen LogP contribution is 2.48. The monoisotopic (exact) mass is 434 g/mol. The molecule has 0 unspecified atom stereocenters. The standard InChI is InChI=1S/C23H30O8/c1-12-7-6-8-15(24)21-18(30-23(2,3)31-21)11-17-20(29-17)14-9-13(26-4)10-16(27-5)19(14)22(25)28-12/h6,8-10,12,15,17-18,20-21,24H,7,11H2,1-5H3/b8-6+/t12-,15-,17+,18-,20-,21+/m0/s1. The summed E-state index contributed by atoms with van der Waals surface area (Å²) in [5, 5.41) is 10.7. The number of fused-ring (bicyclic) bond motifs is 4. The Morgan fingerprint density at radius 2 is 1.90 bits per heavy atom. The lowest BCUT2D eigenvalue weighted by atomic mass is 9.96. The van der Waals surface area contributed by atoms with E-state index in [0.29, 0.717) is 35.5 Å². The average Bonchev–Trinajstić information content (AvgIpc) is 3.40. The van der Waals surface area contributed by atoms with Gasteiger partial charge in [0.2, 0.25) is 0 Å². The number of esters is 1. The first-order chi connectivity index (χ1) is 14.7. The third kappa shape index (κ3) is 4.57. The van der Waals surface area contributed by atoms with Crippen LogP contribution in [0.4, 0.5) is 0 Å². The van der Waals surface area contributed by atoms with E-state index in [0.717, 1.165) is 0 Å². The summed E-state index contributed by atoms with van der Waals surface area (Å²) in [5.74, 6) is -0.358. The van der Waals surface area contributed by atoms with Crippen molar-refractivity contribution in [2.24, 2.45) is 0 Å². The Kier molecular flexibility index (Phi) is 6.00. The van der Waals surface area contributed by atoms with E-state index in [9.17, 15) is 9.90 Å².